The second-order valence-electron chi connectivity index (χ2n) is 7.73. The predicted octanol–water partition coefficient (Wildman–Crippen LogP) is 2.91. The summed E-state index contributed by atoms with van der Waals surface area (Å²) >= 11 is 0. The van der Waals surface area contributed by atoms with Crippen LogP contribution in [0.3, 0.4) is 0 Å². The zero-order valence-electron chi connectivity index (χ0n) is 17.7. The minimum absolute atomic E-state index is 0.0189. The van der Waals surface area contributed by atoms with Gasteiger partial charge in [-0.25, -0.2) is 4.79 Å². The predicted molar refractivity (Wildman–Crippen MR) is 120 cm³/mol. The Labute approximate surface area is 182 Å². The molecule has 31 heavy (non-hydrogen) atoms. The van der Waals surface area contributed by atoms with Crippen molar-refractivity contribution < 1.29 is 4.79 Å². The van der Waals surface area contributed by atoms with E-state index in [4.69, 9.17) is 0 Å². The van der Waals surface area contributed by atoms with Crippen molar-refractivity contribution in [2.24, 2.45) is 0 Å². The van der Waals surface area contributed by atoms with Crippen LogP contribution in [0.25, 0.3) is 5.69 Å². The van der Waals surface area contributed by atoms with Crippen LogP contribution in [-0.2, 0) is 6.42 Å². The number of urea groups is 1. The van der Waals surface area contributed by atoms with Crippen LogP contribution in [0, 0.1) is 0 Å². The first-order valence-corrected chi connectivity index (χ1v) is 11.0. The van der Waals surface area contributed by atoms with Crippen molar-refractivity contribution in [2.75, 3.05) is 37.6 Å². The lowest BCUT2D eigenvalue weighted by molar-refractivity contribution is 0.194. The monoisotopic (exact) mass is 419 g/mol. The molecule has 2 aromatic carbocycles. The molecule has 1 aliphatic heterocycles. The number of carbonyl (C=O) groups excluding carboxylic acids is 1. The standard InChI is InChI=1S/C23H29N7O/c31-23(24-15-9-3-6-12-20-10-4-1-5-11-20)29-18-16-28(17-19-29)22-25-26-27-30(22)21-13-7-2-8-14-21/h1-2,4-5,7-8,10-11,13-14H,3,6,9,12,15-19H2,(H,24,31). The summed E-state index contributed by atoms with van der Waals surface area (Å²) in [4.78, 5) is 16.5. The van der Waals surface area contributed by atoms with E-state index >= 15 is 0 Å². The van der Waals surface area contributed by atoms with Crippen LogP contribution in [0.15, 0.2) is 60.7 Å². The molecule has 4 rings (SSSR count). The number of carbonyl (C=O) groups is 1. The van der Waals surface area contributed by atoms with E-state index in [0.717, 1.165) is 37.9 Å². The van der Waals surface area contributed by atoms with Crippen LogP contribution in [0.5, 0.6) is 0 Å². The summed E-state index contributed by atoms with van der Waals surface area (Å²) in [6, 6.07) is 20.4. The molecule has 0 saturated carbocycles. The molecule has 2 amide bonds. The number of tetrazole rings is 1. The van der Waals surface area contributed by atoms with Gasteiger partial charge in [0.1, 0.15) is 0 Å². The fourth-order valence-corrected chi connectivity index (χ4v) is 3.81. The molecule has 1 fully saturated rings. The summed E-state index contributed by atoms with van der Waals surface area (Å²) in [5, 5.41) is 15.2. The number of hydrogen-bond acceptors (Lipinski definition) is 5. The van der Waals surface area contributed by atoms with Crippen molar-refractivity contribution >= 4 is 12.0 Å². The Balaban J connectivity index is 1.17. The third-order valence-electron chi connectivity index (χ3n) is 5.56. The maximum absolute atomic E-state index is 12.5. The third kappa shape index (κ3) is 5.59. The van der Waals surface area contributed by atoms with Crippen molar-refractivity contribution in [1.82, 2.24) is 30.4 Å². The van der Waals surface area contributed by atoms with E-state index in [9.17, 15) is 4.79 Å². The number of rotatable bonds is 8. The molecule has 2 heterocycles. The smallest absolute Gasteiger partial charge is 0.317 e. The molecule has 0 spiro atoms. The minimum Gasteiger partial charge on any atom is -0.338 e. The highest BCUT2D eigenvalue weighted by molar-refractivity contribution is 5.74. The number of hydrogen-bond donors (Lipinski definition) is 1. The second-order valence-corrected chi connectivity index (χ2v) is 7.73. The van der Waals surface area contributed by atoms with Gasteiger partial charge in [-0.2, -0.15) is 4.68 Å². The quantitative estimate of drug-likeness (QED) is 0.568. The van der Waals surface area contributed by atoms with E-state index in [0.29, 0.717) is 32.1 Å². The number of amides is 2. The maximum atomic E-state index is 12.5. The molecule has 0 unspecified atom stereocenters. The average Bonchev–Trinajstić information content (AvgIpc) is 3.32. The largest absolute Gasteiger partial charge is 0.338 e. The Morgan fingerprint density at radius 3 is 2.32 bits per heavy atom. The van der Waals surface area contributed by atoms with Crippen molar-refractivity contribution in [2.45, 2.75) is 25.7 Å². The first-order valence-electron chi connectivity index (χ1n) is 11.0. The molecule has 8 heteroatoms. The molecule has 162 valence electrons. The van der Waals surface area contributed by atoms with E-state index < -0.39 is 0 Å². The molecule has 8 nitrogen and oxygen atoms in total. The van der Waals surface area contributed by atoms with Gasteiger partial charge in [-0.1, -0.05) is 60.1 Å². The molecule has 0 atom stereocenters. The molecule has 1 N–H and O–H groups in total. The summed E-state index contributed by atoms with van der Waals surface area (Å²) in [7, 11) is 0. The highest BCUT2D eigenvalue weighted by atomic mass is 16.2. The SMILES string of the molecule is O=C(NCCCCCc1ccccc1)N1CCN(c2nnnn2-c2ccccc2)CC1. The number of para-hydroxylation sites is 1. The number of nitrogens with zero attached hydrogens (tertiary/aromatic N) is 6. The average molecular weight is 420 g/mol. The molecule has 1 saturated heterocycles. The van der Waals surface area contributed by atoms with Crippen molar-refractivity contribution in [3.63, 3.8) is 0 Å². The third-order valence-corrected chi connectivity index (χ3v) is 5.56. The molecule has 1 aromatic heterocycles. The molecule has 0 radical (unpaired) electrons. The zero-order chi connectivity index (χ0) is 21.3. The zero-order valence-corrected chi connectivity index (χ0v) is 17.7. The summed E-state index contributed by atoms with van der Waals surface area (Å²) < 4.78 is 1.74. The number of nitrogens with one attached hydrogen (secondary N) is 1. The molecule has 3 aromatic rings. The number of piperazine rings is 1. The van der Waals surface area contributed by atoms with Gasteiger partial charge in [-0.15, -0.1) is 0 Å². The van der Waals surface area contributed by atoms with Gasteiger partial charge in [0.2, 0.25) is 5.95 Å². The topological polar surface area (TPSA) is 79.2 Å². The van der Waals surface area contributed by atoms with Crippen LogP contribution in [0.4, 0.5) is 10.7 Å². The first kappa shape index (κ1) is 20.8. The fourth-order valence-electron chi connectivity index (χ4n) is 3.81. The van der Waals surface area contributed by atoms with Crippen LogP contribution < -0.4 is 10.2 Å². The van der Waals surface area contributed by atoms with Gasteiger partial charge in [-0.05, 0) is 47.4 Å². The highest BCUT2D eigenvalue weighted by Crippen LogP contribution is 2.17. The number of anilines is 1. The maximum Gasteiger partial charge on any atom is 0.317 e. The second kappa shape index (κ2) is 10.6. The Morgan fingerprint density at radius 2 is 1.58 bits per heavy atom. The van der Waals surface area contributed by atoms with Gasteiger partial charge >= 0.3 is 6.03 Å². The summed E-state index contributed by atoms with van der Waals surface area (Å²) in [5.41, 5.74) is 2.30. The molecule has 0 bridgehead atoms. The molecular weight excluding hydrogens is 390 g/mol. The fraction of sp³-hybridized carbons (Fsp3) is 0.391. The summed E-state index contributed by atoms with van der Waals surface area (Å²) in [6.45, 7) is 3.44. The lowest BCUT2D eigenvalue weighted by Crippen LogP contribution is -2.52. The molecular formula is C23H29N7O. The van der Waals surface area contributed by atoms with E-state index in [-0.39, 0.29) is 6.03 Å². The lowest BCUT2D eigenvalue weighted by atomic mass is 10.1. The van der Waals surface area contributed by atoms with E-state index in [2.05, 4.69) is 50.0 Å². The Hall–Kier alpha value is -3.42. The van der Waals surface area contributed by atoms with Crippen LogP contribution in [-0.4, -0.2) is 63.9 Å². The summed E-state index contributed by atoms with van der Waals surface area (Å²) in [6.07, 6.45) is 4.36. The van der Waals surface area contributed by atoms with Crippen LogP contribution in [0.2, 0.25) is 0 Å². The molecule has 0 aliphatic carbocycles. The molecule has 1 aliphatic rings. The summed E-state index contributed by atoms with van der Waals surface area (Å²) in [5.74, 6) is 0.713. The number of aryl methyl sites for hydroxylation is 1. The number of aromatic nitrogens is 4. The van der Waals surface area contributed by atoms with Gasteiger partial charge in [0, 0.05) is 32.7 Å². The minimum atomic E-state index is 0.0189. The Morgan fingerprint density at radius 1 is 0.871 bits per heavy atom. The van der Waals surface area contributed by atoms with Gasteiger partial charge in [0.25, 0.3) is 0 Å². The van der Waals surface area contributed by atoms with Crippen LogP contribution in [0.1, 0.15) is 24.8 Å². The highest BCUT2D eigenvalue weighted by Gasteiger charge is 2.24. The van der Waals surface area contributed by atoms with Crippen molar-refractivity contribution in [3.8, 4) is 5.69 Å². The van der Waals surface area contributed by atoms with Crippen LogP contribution >= 0.6 is 0 Å². The van der Waals surface area contributed by atoms with Gasteiger partial charge in [-0.3, -0.25) is 0 Å². The first-order chi connectivity index (χ1) is 15.3. The van der Waals surface area contributed by atoms with Crippen molar-refractivity contribution in [1.29, 1.82) is 0 Å². The van der Waals surface area contributed by atoms with E-state index in [1.807, 2.05) is 41.3 Å². The van der Waals surface area contributed by atoms with Crippen molar-refractivity contribution in [3.05, 3.63) is 66.2 Å². The van der Waals surface area contributed by atoms with Gasteiger partial charge in [0.05, 0.1) is 5.69 Å². The van der Waals surface area contributed by atoms with E-state index in [1.165, 1.54) is 5.56 Å². The van der Waals surface area contributed by atoms with E-state index in [1.54, 1.807) is 4.68 Å². The lowest BCUT2D eigenvalue weighted by Gasteiger charge is -2.34. The normalized spacial score (nSPS) is 13.9. The van der Waals surface area contributed by atoms with Gasteiger partial charge in [0.15, 0.2) is 0 Å². The Bertz CT molecular complexity index is 937. The number of unbranched alkanes of at least 4 members (excludes halogenated alkanes) is 2. The number of benzene rings is 2. The Kier molecular flexibility index (Phi) is 7.10. The van der Waals surface area contributed by atoms with Gasteiger partial charge < -0.3 is 15.1 Å².